The molecular formula is C40H37FN8O6S. The molecule has 3 aliphatic heterocycles. The number of aromatic nitrogens is 4. The number of benzene rings is 3. The van der Waals surface area contributed by atoms with E-state index in [2.05, 4.69) is 15.3 Å². The summed E-state index contributed by atoms with van der Waals surface area (Å²) in [5.41, 5.74) is 8.01. The number of nitrogens with one attached hydrogen (secondary N) is 1. The maximum Gasteiger partial charge on any atom is 0.265 e. The Morgan fingerprint density at radius 3 is 2.48 bits per heavy atom. The number of thioether (sulfide) groups is 1. The zero-order valence-corrected chi connectivity index (χ0v) is 31.0. The van der Waals surface area contributed by atoms with Crippen LogP contribution < -0.4 is 15.8 Å². The number of rotatable bonds is 11. The van der Waals surface area contributed by atoms with E-state index in [1.807, 2.05) is 64.2 Å². The summed E-state index contributed by atoms with van der Waals surface area (Å²) >= 11 is 1.29. The number of carbonyl (C=O) groups is 5. The number of para-hydroxylation sites is 1. The zero-order chi connectivity index (χ0) is 38.9. The van der Waals surface area contributed by atoms with E-state index in [1.165, 1.54) is 24.2 Å². The van der Waals surface area contributed by atoms with Crippen molar-refractivity contribution in [3.63, 3.8) is 0 Å². The molecule has 56 heavy (non-hydrogen) atoms. The largest absolute Gasteiger partial charge is 0.457 e. The molecule has 2 fully saturated rings. The SMILES string of the molecule is Nc1ncnc2c1c(-c1ccc(Oc3ccccc3)cc1)nn2C1CCCN(C(=O)CCCCSc2ccc(F)c3c2C(=O)N(C2CCC(=O)NC2=O)C3=O)C1. The molecule has 0 saturated carbocycles. The summed E-state index contributed by atoms with van der Waals surface area (Å²) in [6.45, 7) is 1.08. The third-order valence-corrected chi connectivity index (χ3v) is 11.4. The van der Waals surface area contributed by atoms with Gasteiger partial charge in [-0.05, 0) is 86.4 Å². The third-order valence-electron chi connectivity index (χ3n) is 10.3. The number of imide groups is 2. The lowest BCUT2D eigenvalue weighted by Gasteiger charge is -2.33. The van der Waals surface area contributed by atoms with Gasteiger partial charge >= 0.3 is 0 Å². The van der Waals surface area contributed by atoms with Gasteiger partial charge in [-0.15, -0.1) is 11.8 Å². The molecule has 5 heterocycles. The molecule has 286 valence electrons. The highest BCUT2D eigenvalue weighted by atomic mass is 32.2. The first-order chi connectivity index (χ1) is 27.2. The van der Waals surface area contributed by atoms with Gasteiger partial charge in [0.05, 0.1) is 22.6 Å². The number of hydrogen-bond donors (Lipinski definition) is 2. The molecule has 0 spiro atoms. The lowest BCUT2D eigenvalue weighted by Crippen LogP contribution is -2.54. The average molecular weight is 777 g/mol. The normalized spacial score (nSPS) is 18.4. The lowest BCUT2D eigenvalue weighted by atomic mass is 10.0. The van der Waals surface area contributed by atoms with Crippen molar-refractivity contribution in [2.75, 3.05) is 24.6 Å². The van der Waals surface area contributed by atoms with Crippen LogP contribution in [0.4, 0.5) is 10.2 Å². The summed E-state index contributed by atoms with van der Waals surface area (Å²) in [6.07, 6.45) is 4.47. The van der Waals surface area contributed by atoms with Crippen LogP contribution in [0.5, 0.6) is 11.5 Å². The number of unbranched alkanes of at least 4 members (excludes halogenated alkanes) is 1. The Balaban J connectivity index is 0.890. The number of nitrogens with two attached hydrogens (primary N) is 1. The van der Waals surface area contributed by atoms with E-state index in [4.69, 9.17) is 15.6 Å². The minimum Gasteiger partial charge on any atom is -0.457 e. The number of fused-ring (bicyclic) bond motifs is 2. The standard InChI is InChI=1S/C40H37FN8O6S/c41-27-15-17-29(33-32(27)39(53)48(40(33)54)28-16-18-30(50)45-38(28)52)56-20-5-4-10-31(51)47-19-6-7-24(21-47)49-37-34(36(42)43-22-44-37)35(46-49)23-11-13-26(14-12-23)55-25-8-2-1-3-9-25/h1-3,8-9,11-15,17,22,24,28H,4-7,10,16,18-21H2,(H2,42,43,44)(H,45,50,52). The minimum atomic E-state index is -1.18. The van der Waals surface area contributed by atoms with Crippen LogP contribution in [-0.4, -0.2) is 84.0 Å². The zero-order valence-electron chi connectivity index (χ0n) is 30.2. The topological polar surface area (TPSA) is 183 Å². The van der Waals surface area contributed by atoms with Crippen LogP contribution in [0.1, 0.15) is 71.7 Å². The lowest BCUT2D eigenvalue weighted by molar-refractivity contribution is -0.136. The van der Waals surface area contributed by atoms with Gasteiger partial charge in [-0.3, -0.25) is 34.2 Å². The van der Waals surface area contributed by atoms with E-state index in [0.717, 1.165) is 35.1 Å². The Hall–Kier alpha value is -6.16. The number of hydrogen-bond acceptors (Lipinski definition) is 11. The molecule has 3 aliphatic rings. The van der Waals surface area contributed by atoms with Crippen LogP contribution in [0.25, 0.3) is 22.3 Å². The highest BCUT2D eigenvalue weighted by Crippen LogP contribution is 2.37. The van der Waals surface area contributed by atoms with Crippen LogP contribution in [0.2, 0.25) is 0 Å². The van der Waals surface area contributed by atoms with Gasteiger partial charge in [0.1, 0.15) is 41.2 Å². The van der Waals surface area contributed by atoms with Crippen molar-refractivity contribution in [2.24, 2.45) is 0 Å². The summed E-state index contributed by atoms with van der Waals surface area (Å²) in [7, 11) is 0. The van der Waals surface area contributed by atoms with E-state index in [-0.39, 0.29) is 35.9 Å². The van der Waals surface area contributed by atoms with Gasteiger partial charge in [0, 0.05) is 36.4 Å². The highest BCUT2D eigenvalue weighted by Gasteiger charge is 2.47. The summed E-state index contributed by atoms with van der Waals surface area (Å²) in [4.78, 5) is 75.9. The molecule has 2 unspecified atom stereocenters. The van der Waals surface area contributed by atoms with Gasteiger partial charge in [-0.1, -0.05) is 18.2 Å². The molecule has 0 aliphatic carbocycles. The maximum absolute atomic E-state index is 14.9. The number of ether oxygens (including phenoxy) is 1. The molecular weight excluding hydrogens is 740 g/mol. The quantitative estimate of drug-likeness (QED) is 0.0977. The summed E-state index contributed by atoms with van der Waals surface area (Å²) in [5.74, 6) is -1.48. The molecule has 0 radical (unpaired) electrons. The van der Waals surface area contributed by atoms with Gasteiger partial charge in [0.15, 0.2) is 5.65 Å². The van der Waals surface area contributed by atoms with Crippen LogP contribution in [-0.2, 0) is 14.4 Å². The van der Waals surface area contributed by atoms with E-state index < -0.39 is 35.5 Å². The number of carbonyl (C=O) groups excluding carboxylic acids is 5. The molecule has 16 heteroatoms. The molecule has 2 atom stereocenters. The predicted octanol–water partition coefficient (Wildman–Crippen LogP) is 5.53. The van der Waals surface area contributed by atoms with E-state index in [9.17, 15) is 28.4 Å². The second-order valence-corrected chi connectivity index (χ2v) is 15.0. The minimum absolute atomic E-state index is 0.0165. The third kappa shape index (κ3) is 7.07. The van der Waals surface area contributed by atoms with Crippen LogP contribution >= 0.6 is 11.8 Å². The van der Waals surface area contributed by atoms with Crippen molar-refractivity contribution in [3.8, 4) is 22.8 Å². The number of anilines is 1. The fraction of sp³-hybridized carbons (Fsp3) is 0.300. The van der Waals surface area contributed by atoms with Crippen LogP contribution in [0.3, 0.4) is 0 Å². The molecule has 5 aromatic rings. The highest BCUT2D eigenvalue weighted by molar-refractivity contribution is 7.99. The van der Waals surface area contributed by atoms with Gasteiger partial charge < -0.3 is 15.4 Å². The average Bonchev–Trinajstić information content (AvgIpc) is 3.72. The van der Waals surface area contributed by atoms with E-state index in [1.54, 1.807) is 0 Å². The monoisotopic (exact) mass is 776 g/mol. The molecule has 3 N–H and O–H groups in total. The number of piperidine rings is 2. The summed E-state index contributed by atoms with van der Waals surface area (Å²) in [5, 5.41) is 7.78. The first-order valence-electron chi connectivity index (χ1n) is 18.4. The maximum atomic E-state index is 14.9. The van der Waals surface area contributed by atoms with Crippen molar-refractivity contribution in [1.29, 1.82) is 0 Å². The first kappa shape index (κ1) is 36.8. The fourth-order valence-electron chi connectivity index (χ4n) is 7.50. The van der Waals surface area contributed by atoms with Crippen molar-refractivity contribution in [3.05, 3.63) is 90.0 Å². The second-order valence-electron chi connectivity index (χ2n) is 13.9. The molecule has 8 rings (SSSR count). The summed E-state index contributed by atoms with van der Waals surface area (Å²) < 4.78 is 22.7. The molecule has 3 aromatic carbocycles. The Labute approximate surface area is 324 Å². The number of likely N-dealkylation sites (tertiary alicyclic amines) is 1. The number of amides is 5. The molecule has 0 bridgehead atoms. The Morgan fingerprint density at radius 1 is 0.929 bits per heavy atom. The summed E-state index contributed by atoms with van der Waals surface area (Å²) in [6, 6.07) is 18.4. The first-order valence-corrected chi connectivity index (χ1v) is 19.4. The predicted molar refractivity (Wildman–Crippen MR) is 204 cm³/mol. The molecule has 2 aromatic heterocycles. The van der Waals surface area contributed by atoms with Crippen LogP contribution in [0.15, 0.2) is 78.0 Å². The number of halogens is 1. The molecule has 2 saturated heterocycles. The fourth-order valence-corrected chi connectivity index (χ4v) is 8.57. The van der Waals surface area contributed by atoms with Gasteiger partial charge in [0.2, 0.25) is 17.7 Å². The Morgan fingerprint density at radius 2 is 1.70 bits per heavy atom. The second kappa shape index (κ2) is 15.5. The van der Waals surface area contributed by atoms with E-state index in [0.29, 0.717) is 71.3 Å². The Kier molecular flexibility index (Phi) is 10.2. The van der Waals surface area contributed by atoms with E-state index >= 15 is 0 Å². The van der Waals surface area contributed by atoms with Gasteiger partial charge in [-0.2, -0.15) is 5.10 Å². The van der Waals surface area contributed by atoms with Crippen LogP contribution in [0, 0.1) is 5.82 Å². The number of nitrogen functional groups attached to an aromatic ring is 1. The van der Waals surface area contributed by atoms with Gasteiger partial charge in [0.25, 0.3) is 11.8 Å². The van der Waals surface area contributed by atoms with Crippen molar-refractivity contribution >= 4 is 58.1 Å². The molecule has 14 nitrogen and oxygen atoms in total. The number of nitrogens with zero attached hydrogens (tertiary/aromatic N) is 6. The van der Waals surface area contributed by atoms with Crippen molar-refractivity contribution in [1.82, 2.24) is 34.9 Å². The van der Waals surface area contributed by atoms with Crippen molar-refractivity contribution in [2.45, 2.75) is 61.9 Å². The smallest absolute Gasteiger partial charge is 0.265 e. The van der Waals surface area contributed by atoms with Crippen molar-refractivity contribution < 1.29 is 33.1 Å². The molecule has 5 amide bonds. The Bertz CT molecular complexity index is 2370. The van der Waals surface area contributed by atoms with Gasteiger partial charge in [-0.25, -0.2) is 19.0 Å².